The first-order chi connectivity index (χ1) is 9.06. The number of hydrogen-bond acceptors (Lipinski definition) is 5. The van der Waals surface area contributed by atoms with Gasteiger partial charge in [0.2, 0.25) is 10.0 Å². The lowest BCUT2D eigenvalue weighted by Crippen LogP contribution is -2.44. The first-order valence-electron chi connectivity index (χ1n) is 6.45. The zero-order chi connectivity index (χ0) is 15.4. The van der Waals surface area contributed by atoms with Crippen LogP contribution in [0, 0.1) is 5.41 Å². The standard InChI is InChI=1S/C11H21NO6S2/c1-19(15,16)9-20(17,18)12-8-11(10(13)14)6-4-2-3-5-7-11/h12H,2-9H2,1H3,(H,13,14). The van der Waals surface area contributed by atoms with Crippen molar-refractivity contribution in [3.8, 4) is 0 Å². The van der Waals surface area contributed by atoms with E-state index in [9.17, 15) is 26.7 Å². The van der Waals surface area contributed by atoms with Gasteiger partial charge in [-0.25, -0.2) is 21.6 Å². The molecule has 7 nitrogen and oxygen atoms in total. The van der Waals surface area contributed by atoms with Crippen LogP contribution in [0.3, 0.4) is 0 Å². The predicted molar refractivity (Wildman–Crippen MR) is 74.4 cm³/mol. The van der Waals surface area contributed by atoms with Crippen molar-refractivity contribution in [1.29, 1.82) is 0 Å². The molecule has 0 amide bonds. The molecule has 0 heterocycles. The summed E-state index contributed by atoms with van der Waals surface area (Å²) in [6.45, 7) is -0.250. The van der Waals surface area contributed by atoms with E-state index in [4.69, 9.17) is 0 Å². The first kappa shape index (κ1) is 17.4. The number of carboxylic acid groups (broad SMARTS) is 1. The zero-order valence-electron chi connectivity index (χ0n) is 11.5. The molecule has 0 bridgehead atoms. The molecule has 0 radical (unpaired) electrons. The summed E-state index contributed by atoms with van der Waals surface area (Å²) in [5.41, 5.74) is -1.12. The van der Waals surface area contributed by atoms with Crippen molar-refractivity contribution in [2.45, 2.75) is 38.5 Å². The molecule has 0 unspecified atom stereocenters. The number of carboxylic acids is 1. The second kappa shape index (κ2) is 6.40. The van der Waals surface area contributed by atoms with Gasteiger partial charge in [-0.1, -0.05) is 25.7 Å². The van der Waals surface area contributed by atoms with Gasteiger partial charge in [0.1, 0.15) is 0 Å². The van der Waals surface area contributed by atoms with Gasteiger partial charge >= 0.3 is 5.97 Å². The largest absolute Gasteiger partial charge is 0.481 e. The summed E-state index contributed by atoms with van der Waals surface area (Å²) in [5.74, 6) is -1.03. The third-order valence-electron chi connectivity index (χ3n) is 3.51. The van der Waals surface area contributed by atoms with E-state index in [2.05, 4.69) is 4.72 Å². The number of hydrogen-bond donors (Lipinski definition) is 2. The summed E-state index contributed by atoms with van der Waals surface area (Å²) in [5, 5.41) is 8.37. The fourth-order valence-corrected chi connectivity index (χ4v) is 5.53. The van der Waals surface area contributed by atoms with Crippen LogP contribution in [0.15, 0.2) is 0 Å². The second-order valence-corrected chi connectivity index (χ2v) is 9.79. The molecule has 1 aliphatic carbocycles. The number of rotatable bonds is 6. The molecule has 20 heavy (non-hydrogen) atoms. The lowest BCUT2D eigenvalue weighted by atomic mass is 9.80. The first-order valence-corrected chi connectivity index (χ1v) is 10.2. The maximum atomic E-state index is 11.7. The molecular formula is C11H21NO6S2. The minimum atomic E-state index is -4.02. The number of nitrogens with one attached hydrogen (secondary N) is 1. The Morgan fingerprint density at radius 1 is 1.10 bits per heavy atom. The highest BCUT2D eigenvalue weighted by Gasteiger charge is 2.39. The molecule has 0 aliphatic heterocycles. The summed E-state index contributed by atoms with van der Waals surface area (Å²) in [6.07, 6.45) is 4.98. The van der Waals surface area contributed by atoms with Crippen LogP contribution in [-0.2, 0) is 24.7 Å². The molecule has 1 saturated carbocycles. The Morgan fingerprint density at radius 3 is 2.00 bits per heavy atom. The average molecular weight is 327 g/mol. The van der Waals surface area contributed by atoms with E-state index in [0.29, 0.717) is 12.8 Å². The Hall–Kier alpha value is -0.670. The molecule has 1 rings (SSSR count). The van der Waals surface area contributed by atoms with Gasteiger partial charge in [0.25, 0.3) is 0 Å². The molecule has 9 heteroatoms. The highest BCUT2D eigenvalue weighted by atomic mass is 32.3. The summed E-state index contributed by atoms with van der Waals surface area (Å²) in [6, 6.07) is 0. The average Bonchev–Trinajstić information content (AvgIpc) is 2.49. The maximum absolute atomic E-state index is 11.7. The molecule has 2 N–H and O–H groups in total. The van der Waals surface area contributed by atoms with E-state index >= 15 is 0 Å². The Kier molecular flexibility index (Phi) is 5.56. The molecular weight excluding hydrogens is 306 g/mol. The molecule has 1 fully saturated rings. The quantitative estimate of drug-likeness (QED) is 0.679. The maximum Gasteiger partial charge on any atom is 0.310 e. The number of sulfonamides is 1. The van der Waals surface area contributed by atoms with Gasteiger partial charge in [0.05, 0.1) is 5.41 Å². The minimum absolute atomic E-state index is 0.250. The molecule has 1 aliphatic rings. The minimum Gasteiger partial charge on any atom is -0.481 e. The molecule has 0 atom stereocenters. The Labute approximate surface area is 119 Å². The summed E-state index contributed by atoms with van der Waals surface area (Å²) < 4.78 is 47.5. The molecule has 0 aromatic rings. The predicted octanol–water partition coefficient (Wildman–Crippen LogP) is 0.333. The van der Waals surface area contributed by atoms with Gasteiger partial charge in [-0.15, -0.1) is 0 Å². The monoisotopic (exact) mass is 327 g/mol. The van der Waals surface area contributed by atoms with Gasteiger partial charge in [0, 0.05) is 12.8 Å². The van der Waals surface area contributed by atoms with Crippen LogP contribution in [-0.4, -0.2) is 45.8 Å². The van der Waals surface area contributed by atoms with Gasteiger partial charge in [-0.05, 0) is 12.8 Å². The number of aliphatic carboxylic acids is 1. The van der Waals surface area contributed by atoms with E-state index in [1.807, 2.05) is 0 Å². The highest BCUT2D eigenvalue weighted by molar-refractivity contribution is 8.06. The second-order valence-electron chi connectivity index (χ2n) is 5.48. The van der Waals surface area contributed by atoms with Crippen LogP contribution < -0.4 is 4.72 Å². The van der Waals surface area contributed by atoms with Gasteiger partial charge in [0.15, 0.2) is 14.9 Å². The van der Waals surface area contributed by atoms with Crippen molar-refractivity contribution in [3.05, 3.63) is 0 Å². The molecule has 0 aromatic heterocycles. The third-order valence-corrected chi connectivity index (χ3v) is 7.05. The van der Waals surface area contributed by atoms with E-state index in [0.717, 1.165) is 31.9 Å². The fraction of sp³-hybridized carbons (Fsp3) is 0.909. The highest BCUT2D eigenvalue weighted by Crippen LogP contribution is 2.35. The van der Waals surface area contributed by atoms with Crippen LogP contribution in [0.4, 0.5) is 0 Å². The normalized spacial score (nSPS) is 20.2. The van der Waals surface area contributed by atoms with Crippen LogP contribution in [0.25, 0.3) is 0 Å². The molecule has 0 spiro atoms. The Morgan fingerprint density at radius 2 is 1.60 bits per heavy atom. The van der Waals surface area contributed by atoms with Gasteiger partial charge in [-0.3, -0.25) is 4.79 Å². The van der Waals surface area contributed by atoms with Crippen molar-refractivity contribution >= 4 is 25.8 Å². The van der Waals surface area contributed by atoms with E-state index < -0.39 is 36.3 Å². The van der Waals surface area contributed by atoms with Crippen LogP contribution >= 0.6 is 0 Å². The van der Waals surface area contributed by atoms with Crippen molar-refractivity contribution < 1.29 is 26.7 Å². The summed E-state index contributed by atoms with van der Waals surface area (Å²) >= 11 is 0. The molecule has 0 saturated heterocycles. The lowest BCUT2D eigenvalue weighted by molar-refractivity contribution is -0.149. The van der Waals surface area contributed by atoms with Crippen molar-refractivity contribution in [2.24, 2.45) is 5.41 Å². The van der Waals surface area contributed by atoms with E-state index in [1.54, 1.807) is 0 Å². The van der Waals surface area contributed by atoms with Crippen LogP contribution in [0.1, 0.15) is 38.5 Å². The van der Waals surface area contributed by atoms with Crippen LogP contribution in [0.2, 0.25) is 0 Å². The van der Waals surface area contributed by atoms with E-state index in [-0.39, 0.29) is 6.54 Å². The van der Waals surface area contributed by atoms with Crippen LogP contribution in [0.5, 0.6) is 0 Å². The fourth-order valence-electron chi connectivity index (χ4n) is 2.44. The van der Waals surface area contributed by atoms with E-state index in [1.165, 1.54) is 0 Å². The van der Waals surface area contributed by atoms with Crippen molar-refractivity contribution in [3.63, 3.8) is 0 Å². The van der Waals surface area contributed by atoms with Gasteiger partial charge in [-0.2, -0.15) is 0 Å². The van der Waals surface area contributed by atoms with Crippen molar-refractivity contribution in [2.75, 3.05) is 17.9 Å². The topological polar surface area (TPSA) is 118 Å². The number of sulfone groups is 1. The smallest absolute Gasteiger partial charge is 0.310 e. The Balaban J connectivity index is 2.80. The van der Waals surface area contributed by atoms with Crippen molar-refractivity contribution in [1.82, 2.24) is 4.72 Å². The lowest BCUT2D eigenvalue weighted by Gasteiger charge is -2.28. The summed E-state index contributed by atoms with van der Waals surface area (Å²) in [7, 11) is -7.70. The number of carbonyl (C=O) groups is 1. The van der Waals surface area contributed by atoms with Gasteiger partial charge < -0.3 is 5.11 Å². The SMILES string of the molecule is CS(=O)(=O)CS(=O)(=O)NCC1(C(=O)O)CCCCCC1. The Bertz CT molecular complexity index is 543. The molecule has 0 aromatic carbocycles. The molecule has 118 valence electrons. The summed E-state index contributed by atoms with van der Waals surface area (Å²) in [4.78, 5) is 11.5. The third kappa shape index (κ3) is 5.37. The zero-order valence-corrected chi connectivity index (χ0v) is 13.1.